The predicted octanol–water partition coefficient (Wildman–Crippen LogP) is -1.42. The molecule has 2 atom stereocenters. The Balaban J connectivity index is 2.20. The van der Waals surface area contributed by atoms with Crippen LogP contribution in [0.2, 0.25) is 0 Å². The van der Waals surface area contributed by atoms with Gasteiger partial charge in [0.05, 0.1) is 5.92 Å². The number of hydrazine groups is 1. The molecule has 1 saturated carbocycles. The van der Waals surface area contributed by atoms with E-state index in [0.717, 1.165) is 6.42 Å². The van der Waals surface area contributed by atoms with Crippen LogP contribution in [0.15, 0.2) is 0 Å². The first-order valence-electron chi connectivity index (χ1n) is 2.98. The Morgan fingerprint density at radius 3 is 2.67 bits per heavy atom. The predicted molar refractivity (Wildman–Crippen MR) is 33.3 cm³/mol. The number of nitrogens with one attached hydrogen (secondary N) is 2. The van der Waals surface area contributed by atoms with E-state index in [1.807, 2.05) is 0 Å². The first kappa shape index (κ1) is 6.51. The molecule has 0 heterocycles. The summed E-state index contributed by atoms with van der Waals surface area (Å²) in [4.78, 5) is 10.8. The molecular weight excluding hydrogens is 118 g/mol. The Morgan fingerprint density at radius 2 is 2.33 bits per heavy atom. The maximum absolute atomic E-state index is 10.8. The highest BCUT2D eigenvalue weighted by Gasteiger charge is 2.39. The summed E-state index contributed by atoms with van der Waals surface area (Å²) in [7, 11) is 1.66. The molecule has 4 nitrogen and oxygen atoms in total. The number of carbonyl (C=O) groups excluding carboxylic acids is 1. The van der Waals surface area contributed by atoms with Gasteiger partial charge >= 0.3 is 0 Å². The van der Waals surface area contributed by atoms with E-state index in [0.29, 0.717) is 0 Å². The van der Waals surface area contributed by atoms with Gasteiger partial charge in [0, 0.05) is 13.1 Å². The second kappa shape index (κ2) is 2.33. The van der Waals surface area contributed by atoms with Gasteiger partial charge in [0.15, 0.2) is 0 Å². The molecule has 2 unspecified atom stereocenters. The number of hydrogen-bond donors (Lipinski definition) is 3. The Bertz CT molecular complexity index is 125. The van der Waals surface area contributed by atoms with Crippen molar-refractivity contribution in [3.8, 4) is 0 Å². The average molecular weight is 129 g/mol. The third-order valence-electron chi connectivity index (χ3n) is 1.42. The highest BCUT2D eigenvalue weighted by molar-refractivity contribution is 5.81. The number of hydrogen-bond acceptors (Lipinski definition) is 3. The van der Waals surface area contributed by atoms with Crippen molar-refractivity contribution in [2.75, 3.05) is 7.05 Å². The van der Waals surface area contributed by atoms with Gasteiger partial charge in [-0.05, 0) is 6.42 Å². The van der Waals surface area contributed by atoms with E-state index in [-0.39, 0.29) is 17.9 Å². The van der Waals surface area contributed by atoms with Crippen LogP contribution in [0.25, 0.3) is 0 Å². The molecule has 0 bridgehead atoms. The molecule has 9 heavy (non-hydrogen) atoms. The van der Waals surface area contributed by atoms with Crippen LogP contribution >= 0.6 is 0 Å². The SMILES string of the molecule is CNNC(=O)C1CC1N. The quantitative estimate of drug-likeness (QED) is 0.401. The van der Waals surface area contributed by atoms with Gasteiger partial charge in [0.1, 0.15) is 0 Å². The zero-order chi connectivity index (χ0) is 6.85. The summed E-state index contributed by atoms with van der Waals surface area (Å²) < 4.78 is 0. The normalized spacial score (nSPS) is 31.8. The summed E-state index contributed by atoms with van der Waals surface area (Å²) in [6, 6.07) is 0.0957. The minimum absolute atomic E-state index is 0.00463. The number of amides is 1. The Morgan fingerprint density at radius 1 is 1.78 bits per heavy atom. The largest absolute Gasteiger partial charge is 0.327 e. The zero-order valence-electron chi connectivity index (χ0n) is 5.35. The van der Waals surface area contributed by atoms with Crippen LogP contribution in [0.4, 0.5) is 0 Å². The summed E-state index contributed by atoms with van der Waals surface area (Å²) in [6.45, 7) is 0. The Hall–Kier alpha value is -0.610. The maximum atomic E-state index is 10.8. The van der Waals surface area contributed by atoms with Crippen molar-refractivity contribution in [3.63, 3.8) is 0 Å². The number of carbonyl (C=O) groups is 1. The molecule has 1 rings (SSSR count). The van der Waals surface area contributed by atoms with E-state index in [4.69, 9.17) is 5.73 Å². The van der Waals surface area contributed by atoms with Gasteiger partial charge in [-0.25, -0.2) is 5.43 Å². The molecule has 1 amide bonds. The van der Waals surface area contributed by atoms with Crippen molar-refractivity contribution in [1.82, 2.24) is 10.9 Å². The molecule has 4 heteroatoms. The third-order valence-corrected chi connectivity index (χ3v) is 1.42. The lowest BCUT2D eigenvalue weighted by Crippen LogP contribution is -2.36. The first-order valence-corrected chi connectivity index (χ1v) is 2.98. The summed E-state index contributed by atoms with van der Waals surface area (Å²) in [5.74, 6) is 0.0578. The van der Waals surface area contributed by atoms with Crippen LogP contribution in [-0.2, 0) is 4.79 Å². The molecule has 0 aliphatic heterocycles. The van der Waals surface area contributed by atoms with E-state index < -0.39 is 0 Å². The Labute approximate surface area is 53.8 Å². The maximum Gasteiger partial charge on any atom is 0.238 e. The highest BCUT2D eigenvalue weighted by Crippen LogP contribution is 2.27. The lowest BCUT2D eigenvalue weighted by Gasteiger charge is -1.98. The molecule has 4 N–H and O–H groups in total. The van der Waals surface area contributed by atoms with Crippen molar-refractivity contribution in [3.05, 3.63) is 0 Å². The topological polar surface area (TPSA) is 67.1 Å². The van der Waals surface area contributed by atoms with Gasteiger partial charge in [0.25, 0.3) is 0 Å². The fourth-order valence-corrected chi connectivity index (χ4v) is 0.732. The molecule has 0 aromatic heterocycles. The fourth-order valence-electron chi connectivity index (χ4n) is 0.732. The van der Waals surface area contributed by atoms with Crippen LogP contribution in [0.1, 0.15) is 6.42 Å². The lowest BCUT2D eigenvalue weighted by molar-refractivity contribution is -0.123. The van der Waals surface area contributed by atoms with E-state index in [9.17, 15) is 4.79 Å². The van der Waals surface area contributed by atoms with Gasteiger partial charge < -0.3 is 5.73 Å². The minimum atomic E-state index is 0.00463. The standard InChI is InChI=1S/C5H11N3O/c1-7-8-5(9)3-2-4(3)6/h3-4,7H,2,6H2,1H3,(H,8,9). The zero-order valence-corrected chi connectivity index (χ0v) is 5.35. The monoisotopic (exact) mass is 129 g/mol. The summed E-state index contributed by atoms with van der Waals surface area (Å²) in [6.07, 6.45) is 0.827. The van der Waals surface area contributed by atoms with Gasteiger partial charge in [-0.1, -0.05) is 0 Å². The van der Waals surface area contributed by atoms with Gasteiger partial charge in [-0.15, -0.1) is 0 Å². The van der Waals surface area contributed by atoms with E-state index in [1.165, 1.54) is 0 Å². The second-order valence-electron chi connectivity index (χ2n) is 2.25. The van der Waals surface area contributed by atoms with E-state index >= 15 is 0 Å². The van der Waals surface area contributed by atoms with E-state index in [1.54, 1.807) is 7.05 Å². The molecule has 0 aromatic rings. The van der Waals surface area contributed by atoms with Crippen molar-refractivity contribution in [2.45, 2.75) is 12.5 Å². The summed E-state index contributed by atoms with van der Waals surface area (Å²) in [5, 5.41) is 0. The Kier molecular flexibility index (Phi) is 1.68. The van der Waals surface area contributed by atoms with Crippen molar-refractivity contribution < 1.29 is 4.79 Å². The van der Waals surface area contributed by atoms with Crippen LogP contribution in [0.3, 0.4) is 0 Å². The molecule has 1 aliphatic carbocycles. The molecule has 52 valence electrons. The molecular formula is C5H11N3O. The molecule has 0 saturated heterocycles. The van der Waals surface area contributed by atoms with Crippen molar-refractivity contribution >= 4 is 5.91 Å². The van der Waals surface area contributed by atoms with E-state index in [2.05, 4.69) is 10.9 Å². The molecule has 1 fully saturated rings. The highest BCUT2D eigenvalue weighted by atomic mass is 16.2. The second-order valence-corrected chi connectivity index (χ2v) is 2.25. The van der Waals surface area contributed by atoms with Gasteiger partial charge in [0.2, 0.25) is 5.91 Å². The van der Waals surface area contributed by atoms with Crippen LogP contribution in [0.5, 0.6) is 0 Å². The molecule has 0 spiro atoms. The smallest absolute Gasteiger partial charge is 0.238 e. The van der Waals surface area contributed by atoms with Crippen LogP contribution in [-0.4, -0.2) is 19.0 Å². The fraction of sp³-hybridized carbons (Fsp3) is 0.800. The third kappa shape index (κ3) is 1.40. The number of rotatable bonds is 2. The molecule has 0 radical (unpaired) electrons. The molecule has 1 aliphatic rings. The van der Waals surface area contributed by atoms with Crippen molar-refractivity contribution in [1.29, 1.82) is 0 Å². The molecule has 0 aromatic carbocycles. The summed E-state index contributed by atoms with van der Waals surface area (Å²) in [5.41, 5.74) is 10.4. The van der Waals surface area contributed by atoms with Crippen molar-refractivity contribution in [2.24, 2.45) is 11.7 Å². The summed E-state index contributed by atoms with van der Waals surface area (Å²) >= 11 is 0. The number of nitrogens with two attached hydrogens (primary N) is 1. The first-order chi connectivity index (χ1) is 4.25. The van der Waals surface area contributed by atoms with Gasteiger partial charge in [-0.3, -0.25) is 10.2 Å². The van der Waals surface area contributed by atoms with Crippen LogP contribution < -0.4 is 16.6 Å². The van der Waals surface area contributed by atoms with Crippen LogP contribution in [0, 0.1) is 5.92 Å². The lowest BCUT2D eigenvalue weighted by atomic mass is 10.4. The minimum Gasteiger partial charge on any atom is -0.327 e. The van der Waals surface area contributed by atoms with Gasteiger partial charge in [-0.2, -0.15) is 0 Å². The average Bonchev–Trinajstić information content (AvgIpc) is 2.47.